The molecule has 1 fully saturated rings. The van der Waals surface area contributed by atoms with Crippen molar-refractivity contribution in [1.82, 2.24) is 0 Å². The van der Waals surface area contributed by atoms with Crippen LogP contribution in [0.25, 0.3) is 0 Å². The van der Waals surface area contributed by atoms with Gasteiger partial charge in [0, 0.05) is 11.1 Å². The van der Waals surface area contributed by atoms with Crippen molar-refractivity contribution in [2.24, 2.45) is 0 Å². The van der Waals surface area contributed by atoms with Gasteiger partial charge in [-0.3, -0.25) is 0 Å². The third-order valence-corrected chi connectivity index (χ3v) is 18.4. The molecule has 0 aromatic heterocycles. The van der Waals surface area contributed by atoms with Crippen LogP contribution >= 0.6 is 0 Å². The van der Waals surface area contributed by atoms with Gasteiger partial charge in [0.1, 0.15) is 9.79 Å². The molecule has 0 radical (unpaired) electrons. The zero-order valence-corrected chi connectivity index (χ0v) is 29.3. The summed E-state index contributed by atoms with van der Waals surface area (Å²) in [7, 11) is -14.7. The normalized spacial score (nSPS) is 13.8. The number of carbonyl (C=O) groups excluding carboxylic acids is 2. The van der Waals surface area contributed by atoms with Crippen molar-refractivity contribution in [1.29, 1.82) is 0 Å². The Morgan fingerprint density at radius 2 is 0.844 bits per heavy atom. The second-order valence-corrected chi connectivity index (χ2v) is 19.6. The van der Waals surface area contributed by atoms with Crippen molar-refractivity contribution in [3.05, 3.63) is 89.5 Å². The minimum atomic E-state index is -5.02. The molecule has 1 aliphatic heterocycles. The van der Waals surface area contributed by atoms with Crippen LogP contribution in [-0.2, 0) is 48.6 Å². The molecule has 1 heterocycles. The number of carbonyl (C=O) groups is 2. The predicted octanol–water partition coefficient (Wildman–Crippen LogP) is -7.74. The van der Waals surface area contributed by atoms with Gasteiger partial charge < -0.3 is 38.0 Å². The third kappa shape index (κ3) is 10.0. The minimum Gasteiger partial charge on any atom is -0.545 e. The summed E-state index contributed by atoms with van der Waals surface area (Å²) in [5.74, 6) is -3.74. The van der Waals surface area contributed by atoms with Gasteiger partial charge in [0.25, 0.3) is 30.4 Å². The Morgan fingerprint density at radius 1 is 0.556 bits per heavy atom. The predicted molar refractivity (Wildman–Crippen MR) is 138 cm³/mol. The number of hydrogen-bond acceptors (Lipinski definition) is 16. The first-order valence-corrected chi connectivity index (χ1v) is 20.0. The summed E-state index contributed by atoms with van der Waals surface area (Å²) in [6, 6.07) is 13.9. The van der Waals surface area contributed by atoms with Gasteiger partial charge in [0.2, 0.25) is 0 Å². The fourth-order valence-electron chi connectivity index (χ4n) is 3.51. The summed E-state index contributed by atoms with van der Waals surface area (Å²) in [6.07, 6.45) is 0. The first-order valence-electron chi connectivity index (χ1n) is 11.5. The van der Waals surface area contributed by atoms with Crippen molar-refractivity contribution >= 4 is 87.7 Å². The van der Waals surface area contributed by atoms with Crippen LogP contribution in [0, 0.1) is 6.92 Å². The fraction of sp³-hybridized carbons (Fsp3) is 0.0476. The Bertz CT molecular complexity index is 1800. The zero-order chi connectivity index (χ0) is 31.6. The van der Waals surface area contributed by atoms with Gasteiger partial charge in [-0.1, -0.05) is 54.6 Å². The van der Waals surface area contributed by atoms with E-state index in [1.165, 1.54) is 49.4 Å². The molecule has 3 aromatic carbocycles. The number of rotatable bonds is 11. The molecule has 45 heavy (non-hydrogen) atoms. The maximum Gasteiger partial charge on any atom is 1.00 e. The molecule has 0 unspecified atom stereocenters. The monoisotopic (exact) mass is 714 g/mol. The SMILES string of the molecule is Cc1ccccc1S(=O)(=O)[O][Al]1[O][Al]([O]S(=O)(=O)c2ccccc2C(=O)[O-])[O][Al]([O]S(=O)(=O)c2ccccc2C(=O)[O-])[O]1.[Li+].[Li+]. The van der Waals surface area contributed by atoms with Crippen LogP contribution in [-0.4, -0.2) is 82.6 Å². The van der Waals surface area contributed by atoms with E-state index in [2.05, 4.69) is 0 Å². The smallest absolute Gasteiger partial charge is 0.545 e. The van der Waals surface area contributed by atoms with E-state index in [9.17, 15) is 45.1 Å². The number of aromatic carboxylic acids is 2. The Balaban J connectivity index is 0.00000353. The minimum absolute atomic E-state index is 0. The number of carboxylic acids is 2. The Kier molecular flexibility index (Phi) is 14.6. The quantitative estimate of drug-likeness (QED) is 0.168. The molecular weight excluding hydrogens is 699 g/mol. The molecule has 0 atom stereocenters. The van der Waals surface area contributed by atoms with E-state index in [0.29, 0.717) is 0 Å². The molecule has 24 heteroatoms. The van der Waals surface area contributed by atoms with Crippen LogP contribution in [0.5, 0.6) is 0 Å². The average Bonchev–Trinajstić information content (AvgIpc) is 2.92. The molecular formula is C21H15Al3Li2O16S3. The molecule has 0 aliphatic carbocycles. The van der Waals surface area contributed by atoms with E-state index >= 15 is 0 Å². The third-order valence-electron chi connectivity index (χ3n) is 5.40. The molecule has 0 amide bonds. The molecule has 1 aliphatic rings. The largest absolute Gasteiger partial charge is 1.00 e. The van der Waals surface area contributed by atoms with Crippen LogP contribution in [0.2, 0.25) is 0 Å². The van der Waals surface area contributed by atoms with Crippen molar-refractivity contribution < 1.29 is 101 Å². The maximum absolute atomic E-state index is 13.0. The van der Waals surface area contributed by atoms with Crippen LogP contribution in [0.3, 0.4) is 0 Å². The van der Waals surface area contributed by atoms with E-state index in [-0.39, 0.29) is 48.2 Å². The van der Waals surface area contributed by atoms with E-state index < -0.39 is 109 Å². The standard InChI is InChI=1S/2C7H6O5S.C7H8O3S.3Al.2Li.3O/c2*8-7(9)5-3-1-2-4-6(5)13(10,11)12;1-6-4-2-3-5-7(6)11(8,9)10;;;;;;;;/h2*1-4H,(H,8,9)(H,10,11,12);2-5H,1H3,(H,8,9,10);;;;;;;;/q;;;5*+1;;;/p-5. The van der Waals surface area contributed by atoms with E-state index in [4.69, 9.17) is 18.2 Å². The van der Waals surface area contributed by atoms with Gasteiger partial charge in [0.05, 0.1) is 16.8 Å². The van der Waals surface area contributed by atoms with Crippen LogP contribution in [0.15, 0.2) is 87.5 Å². The summed E-state index contributed by atoms with van der Waals surface area (Å²) < 4.78 is 109. The first kappa shape index (κ1) is 40.2. The van der Waals surface area contributed by atoms with Crippen molar-refractivity contribution in [3.8, 4) is 0 Å². The molecule has 0 spiro atoms. The number of benzene rings is 3. The average molecular weight is 714 g/mol. The second-order valence-electron chi connectivity index (χ2n) is 8.26. The number of aryl methyl sites for hydroxylation is 1. The zero-order valence-electron chi connectivity index (χ0n) is 23.4. The summed E-state index contributed by atoms with van der Waals surface area (Å²) in [5.41, 5.74) is -1.33. The van der Waals surface area contributed by atoms with Crippen LogP contribution < -0.4 is 47.9 Å². The first-order chi connectivity index (χ1) is 20.1. The molecule has 0 N–H and O–H groups in total. The summed E-state index contributed by atoms with van der Waals surface area (Å²) >= 11 is -12.5. The fourth-order valence-corrected chi connectivity index (χ4v) is 17.5. The molecule has 1 saturated heterocycles. The van der Waals surface area contributed by atoms with Crippen LogP contribution in [0.4, 0.5) is 0 Å². The molecule has 0 bridgehead atoms. The summed E-state index contributed by atoms with van der Waals surface area (Å²) in [5, 5.41) is 22.9. The summed E-state index contributed by atoms with van der Waals surface area (Å²) in [4.78, 5) is 20.8. The Labute approximate surface area is 297 Å². The summed E-state index contributed by atoms with van der Waals surface area (Å²) in [6.45, 7) is 1.45. The van der Waals surface area contributed by atoms with Gasteiger partial charge in [-0.2, -0.15) is 25.3 Å². The van der Waals surface area contributed by atoms with Gasteiger partial charge in [-0.15, -0.1) is 0 Å². The molecule has 0 saturated carbocycles. The Hall–Kier alpha value is -0.998. The van der Waals surface area contributed by atoms with E-state index in [1.807, 2.05) is 0 Å². The number of hydrogen-bond donors (Lipinski definition) is 0. The van der Waals surface area contributed by atoms with Crippen molar-refractivity contribution in [2.75, 3.05) is 0 Å². The van der Waals surface area contributed by atoms with Gasteiger partial charge in [0.15, 0.2) is 0 Å². The van der Waals surface area contributed by atoms with Gasteiger partial charge in [-0.25, -0.2) is 0 Å². The van der Waals surface area contributed by atoms with E-state index in [0.717, 1.165) is 24.3 Å². The Morgan fingerprint density at radius 3 is 1.18 bits per heavy atom. The van der Waals surface area contributed by atoms with Gasteiger partial charge in [-0.05, 0) is 30.7 Å². The molecule has 3 aromatic rings. The van der Waals surface area contributed by atoms with Gasteiger partial charge >= 0.3 is 83.2 Å². The van der Waals surface area contributed by atoms with Crippen LogP contribution in [0.1, 0.15) is 26.3 Å². The second kappa shape index (κ2) is 16.4. The van der Waals surface area contributed by atoms with E-state index in [1.54, 1.807) is 6.07 Å². The molecule has 4 rings (SSSR count). The molecule has 224 valence electrons. The topological polar surface area (TPSA) is 238 Å². The van der Waals surface area contributed by atoms with Crippen molar-refractivity contribution in [2.45, 2.75) is 21.6 Å². The number of carboxylic acid groups (broad SMARTS) is 2. The van der Waals surface area contributed by atoms with Crippen molar-refractivity contribution in [3.63, 3.8) is 0 Å². The molecule has 16 nitrogen and oxygen atoms in total. The maximum atomic E-state index is 13.0.